The molecule has 0 radical (unpaired) electrons. The topological polar surface area (TPSA) is 58.6 Å². The molecule has 0 saturated heterocycles. The second-order valence-electron chi connectivity index (χ2n) is 6.40. The van der Waals surface area contributed by atoms with Gasteiger partial charge in [0.15, 0.2) is 0 Å². The van der Waals surface area contributed by atoms with Crippen LogP contribution in [0.4, 0.5) is 5.00 Å². The molecule has 0 spiro atoms. The number of anilines is 1. The molecule has 1 aliphatic rings. The third-order valence-electron chi connectivity index (χ3n) is 4.34. The van der Waals surface area contributed by atoms with Crippen molar-refractivity contribution in [3.63, 3.8) is 0 Å². The summed E-state index contributed by atoms with van der Waals surface area (Å²) in [6, 6.07) is 5.05. The first kappa shape index (κ1) is 20.9. The molecule has 28 heavy (non-hydrogen) atoms. The number of nitrogens with one attached hydrogen (secondary N) is 1. The van der Waals surface area contributed by atoms with Crippen LogP contribution in [0.5, 0.6) is 0 Å². The lowest BCUT2D eigenvalue weighted by Gasteiger charge is -2.22. The molecule has 0 fully saturated rings. The Kier molecular flexibility index (Phi) is 6.78. The Bertz CT molecular complexity index is 940. The van der Waals surface area contributed by atoms with Crippen LogP contribution in [0.15, 0.2) is 24.3 Å². The first-order valence-corrected chi connectivity index (χ1v) is 10.4. The Balaban J connectivity index is 1.83. The Morgan fingerprint density at radius 3 is 2.86 bits per heavy atom. The summed E-state index contributed by atoms with van der Waals surface area (Å²) in [6.07, 6.45) is 3.75. The number of nitrogens with zero attached hydrogens (tertiary/aromatic N) is 1. The minimum Gasteiger partial charge on any atom is -0.462 e. The van der Waals surface area contributed by atoms with Crippen LogP contribution in [0, 0.1) is 0 Å². The number of carbonyl (C=O) groups excluding carboxylic acids is 2. The van der Waals surface area contributed by atoms with Crippen molar-refractivity contribution < 1.29 is 14.3 Å². The summed E-state index contributed by atoms with van der Waals surface area (Å²) < 4.78 is 5.21. The standard InChI is InChI=1S/C20H20Cl2N2O3S/c1-3-27-20(26)18-14-8-9-24(2)11-16(14)28-19(18)23-17(25)7-5-12-4-6-13(21)10-15(12)22/h4-7,10H,3,8-9,11H2,1-2H3,(H,23,25)/b7-5+. The molecular weight excluding hydrogens is 419 g/mol. The molecule has 3 rings (SSSR count). The van der Waals surface area contributed by atoms with E-state index >= 15 is 0 Å². The minimum atomic E-state index is -0.399. The average Bonchev–Trinajstić information content (AvgIpc) is 2.97. The molecule has 8 heteroatoms. The maximum Gasteiger partial charge on any atom is 0.341 e. The van der Waals surface area contributed by atoms with Gasteiger partial charge in [0.2, 0.25) is 5.91 Å². The van der Waals surface area contributed by atoms with Gasteiger partial charge >= 0.3 is 5.97 Å². The first-order chi connectivity index (χ1) is 13.4. The lowest BCUT2D eigenvalue weighted by atomic mass is 10.0. The molecule has 1 amide bonds. The van der Waals surface area contributed by atoms with Crippen molar-refractivity contribution in [3.05, 3.63) is 55.9 Å². The summed E-state index contributed by atoms with van der Waals surface area (Å²) in [5.41, 5.74) is 2.13. The van der Waals surface area contributed by atoms with Gasteiger partial charge in [0.1, 0.15) is 5.00 Å². The number of likely N-dealkylation sites (N-methyl/N-ethyl adjacent to an activating group) is 1. The number of rotatable bonds is 5. The van der Waals surface area contributed by atoms with Gasteiger partial charge in [-0.15, -0.1) is 11.3 Å². The van der Waals surface area contributed by atoms with Crippen LogP contribution in [0.25, 0.3) is 6.08 Å². The summed E-state index contributed by atoms with van der Waals surface area (Å²) >= 11 is 13.4. The number of amides is 1. The molecule has 0 atom stereocenters. The van der Waals surface area contributed by atoms with Crippen LogP contribution in [0.3, 0.4) is 0 Å². The first-order valence-electron chi connectivity index (χ1n) is 8.83. The third kappa shape index (κ3) is 4.75. The van der Waals surface area contributed by atoms with Gasteiger partial charge in [0.05, 0.1) is 12.2 Å². The van der Waals surface area contributed by atoms with E-state index in [0.717, 1.165) is 30.0 Å². The molecule has 0 unspecified atom stereocenters. The van der Waals surface area contributed by atoms with E-state index in [-0.39, 0.29) is 12.5 Å². The van der Waals surface area contributed by atoms with Crippen LogP contribution in [0.2, 0.25) is 10.0 Å². The second kappa shape index (κ2) is 9.09. The molecular formula is C20H20Cl2N2O3S. The van der Waals surface area contributed by atoms with E-state index in [1.54, 1.807) is 31.2 Å². The summed E-state index contributed by atoms with van der Waals surface area (Å²) in [5, 5.41) is 4.34. The molecule has 5 nitrogen and oxygen atoms in total. The van der Waals surface area contributed by atoms with Crippen LogP contribution in [0.1, 0.15) is 33.3 Å². The van der Waals surface area contributed by atoms with Gasteiger partial charge in [-0.2, -0.15) is 0 Å². The normalized spacial score (nSPS) is 14.1. The van der Waals surface area contributed by atoms with Crippen molar-refractivity contribution in [2.45, 2.75) is 19.9 Å². The molecule has 1 N–H and O–H groups in total. The van der Waals surface area contributed by atoms with Crippen molar-refractivity contribution in [2.24, 2.45) is 0 Å². The summed E-state index contributed by atoms with van der Waals surface area (Å²) in [4.78, 5) is 28.2. The quantitative estimate of drug-likeness (QED) is 0.534. The maximum atomic E-state index is 12.5. The van der Waals surface area contributed by atoms with Gasteiger partial charge in [0, 0.05) is 34.1 Å². The summed E-state index contributed by atoms with van der Waals surface area (Å²) in [6.45, 7) is 3.66. The smallest absolute Gasteiger partial charge is 0.341 e. The fourth-order valence-electron chi connectivity index (χ4n) is 2.99. The van der Waals surface area contributed by atoms with Crippen molar-refractivity contribution >= 4 is 57.5 Å². The van der Waals surface area contributed by atoms with Crippen LogP contribution >= 0.6 is 34.5 Å². The Morgan fingerprint density at radius 2 is 2.14 bits per heavy atom. The largest absolute Gasteiger partial charge is 0.462 e. The molecule has 0 bridgehead atoms. The number of hydrogen-bond acceptors (Lipinski definition) is 5. The number of carbonyl (C=O) groups is 2. The van der Waals surface area contributed by atoms with Gasteiger partial charge in [-0.1, -0.05) is 29.3 Å². The number of hydrogen-bond donors (Lipinski definition) is 1. The zero-order valence-corrected chi connectivity index (χ0v) is 17.9. The maximum absolute atomic E-state index is 12.5. The highest BCUT2D eigenvalue weighted by Gasteiger charge is 2.28. The fourth-order valence-corrected chi connectivity index (χ4v) is 4.78. The highest BCUT2D eigenvalue weighted by molar-refractivity contribution is 7.17. The number of halogens is 2. The summed E-state index contributed by atoms with van der Waals surface area (Å²) in [5.74, 6) is -0.743. The highest BCUT2D eigenvalue weighted by atomic mass is 35.5. The van der Waals surface area contributed by atoms with Gasteiger partial charge in [-0.25, -0.2) is 4.79 Å². The molecule has 0 saturated carbocycles. The van der Waals surface area contributed by atoms with E-state index in [9.17, 15) is 9.59 Å². The number of ether oxygens (including phenoxy) is 1. The van der Waals surface area contributed by atoms with E-state index in [1.165, 1.54) is 17.4 Å². The van der Waals surface area contributed by atoms with Crippen molar-refractivity contribution in [2.75, 3.05) is 25.5 Å². The lowest BCUT2D eigenvalue weighted by Crippen LogP contribution is -2.26. The van der Waals surface area contributed by atoms with E-state index in [0.29, 0.717) is 26.2 Å². The molecule has 1 aromatic heterocycles. The molecule has 1 aromatic carbocycles. The lowest BCUT2D eigenvalue weighted by molar-refractivity contribution is -0.111. The highest BCUT2D eigenvalue weighted by Crippen LogP contribution is 2.37. The Morgan fingerprint density at radius 1 is 1.36 bits per heavy atom. The number of fused-ring (bicyclic) bond motifs is 1. The Labute approximate surface area is 177 Å². The van der Waals surface area contributed by atoms with Crippen LogP contribution < -0.4 is 5.32 Å². The Hall–Kier alpha value is -1.86. The monoisotopic (exact) mass is 438 g/mol. The predicted molar refractivity (Wildman–Crippen MR) is 114 cm³/mol. The zero-order valence-electron chi connectivity index (χ0n) is 15.6. The zero-order chi connectivity index (χ0) is 20.3. The van der Waals surface area contributed by atoms with Gasteiger partial charge in [0.25, 0.3) is 0 Å². The number of thiophene rings is 1. The molecule has 148 valence electrons. The van der Waals surface area contributed by atoms with Gasteiger partial charge < -0.3 is 15.0 Å². The van der Waals surface area contributed by atoms with Gasteiger partial charge in [-0.3, -0.25) is 4.79 Å². The van der Waals surface area contributed by atoms with Gasteiger partial charge in [-0.05, 0) is 49.7 Å². The van der Waals surface area contributed by atoms with E-state index in [2.05, 4.69) is 10.2 Å². The molecule has 2 aromatic rings. The predicted octanol–water partition coefficient (Wildman–Crippen LogP) is 4.87. The third-order valence-corrected chi connectivity index (χ3v) is 6.04. The van der Waals surface area contributed by atoms with Crippen LogP contribution in [-0.2, 0) is 22.5 Å². The SMILES string of the molecule is CCOC(=O)c1c(NC(=O)/C=C/c2ccc(Cl)cc2Cl)sc2c1CCN(C)C2. The number of benzene rings is 1. The number of esters is 1. The van der Waals surface area contributed by atoms with Crippen molar-refractivity contribution in [1.29, 1.82) is 0 Å². The second-order valence-corrected chi connectivity index (χ2v) is 8.35. The summed E-state index contributed by atoms with van der Waals surface area (Å²) in [7, 11) is 2.03. The fraction of sp³-hybridized carbons (Fsp3) is 0.300. The molecule has 1 aliphatic heterocycles. The van der Waals surface area contributed by atoms with Crippen LogP contribution in [-0.4, -0.2) is 37.0 Å². The molecule has 2 heterocycles. The average molecular weight is 439 g/mol. The minimum absolute atomic E-state index is 0.283. The van der Waals surface area contributed by atoms with E-state index in [1.807, 2.05) is 7.05 Å². The van der Waals surface area contributed by atoms with E-state index < -0.39 is 5.97 Å². The van der Waals surface area contributed by atoms with Crippen molar-refractivity contribution in [1.82, 2.24) is 4.90 Å². The van der Waals surface area contributed by atoms with Crippen molar-refractivity contribution in [3.8, 4) is 0 Å². The van der Waals surface area contributed by atoms with E-state index in [4.69, 9.17) is 27.9 Å². The molecule has 0 aliphatic carbocycles.